The van der Waals surface area contributed by atoms with Crippen LogP contribution in [0.4, 0.5) is 0 Å². The largest absolute Gasteiger partial charge is 0.494 e. The maximum absolute atomic E-state index is 14.3. The van der Waals surface area contributed by atoms with Crippen LogP contribution in [-0.4, -0.2) is 65.9 Å². The van der Waals surface area contributed by atoms with Crippen molar-refractivity contribution >= 4 is 18.2 Å². The fraction of sp³-hybridized carbons (Fsp3) is 0.452. The normalized spacial score (nSPS) is 13.9. The molecule has 4 rings (SSSR count). The quantitative estimate of drug-likeness (QED) is 0.185. The predicted octanol–water partition coefficient (Wildman–Crippen LogP) is 5.82. The summed E-state index contributed by atoms with van der Waals surface area (Å²) in [5, 5.41) is 7.68. The van der Waals surface area contributed by atoms with Crippen LogP contribution in [0.5, 0.6) is 11.5 Å². The van der Waals surface area contributed by atoms with Gasteiger partial charge in [-0.2, -0.15) is 0 Å². The van der Waals surface area contributed by atoms with Gasteiger partial charge in [-0.25, -0.2) is 18.4 Å². The summed E-state index contributed by atoms with van der Waals surface area (Å²) < 4.78 is 48.5. The van der Waals surface area contributed by atoms with Gasteiger partial charge in [-0.15, -0.1) is 10.2 Å². The van der Waals surface area contributed by atoms with Crippen molar-refractivity contribution in [2.45, 2.75) is 76.8 Å². The van der Waals surface area contributed by atoms with Crippen LogP contribution < -0.4 is 9.47 Å². The molecule has 4 aromatic rings. The molecule has 44 heavy (non-hydrogen) atoms. The van der Waals surface area contributed by atoms with E-state index in [1.807, 2.05) is 19.9 Å². The lowest BCUT2D eigenvalue weighted by molar-refractivity contribution is 0.172. The molecule has 3 heterocycles. The number of sulfone groups is 1. The smallest absolute Gasteiger partial charge is 0.193 e. The first-order valence-electron chi connectivity index (χ1n) is 14.3. The van der Waals surface area contributed by atoms with E-state index in [1.54, 1.807) is 68.7 Å². The number of pyridine rings is 1. The van der Waals surface area contributed by atoms with Crippen molar-refractivity contribution in [2.75, 3.05) is 14.2 Å². The first-order valence-corrected chi connectivity index (χ1v) is 19.0. The van der Waals surface area contributed by atoms with E-state index in [9.17, 15) is 8.42 Å². The van der Waals surface area contributed by atoms with Gasteiger partial charge in [0.05, 0.1) is 19.5 Å². The second-order valence-electron chi connectivity index (χ2n) is 12.5. The van der Waals surface area contributed by atoms with Gasteiger partial charge in [0.15, 0.2) is 35.6 Å². The molecule has 0 aliphatic rings. The zero-order chi connectivity index (χ0) is 32.4. The summed E-state index contributed by atoms with van der Waals surface area (Å²) in [7, 11) is -3.31. The molecule has 0 N–H and O–H groups in total. The lowest BCUT2D eigenvalue weighted by Crippen LogP contribution is -2.45. The Morgan fingerprint density at radius 1 is 0.932 bits per heavy atom. The molecule has 3 aromatic heterocycles. The van der Waals surface area contributed by atoms with Crippen LogP contribution in [0.25, 0.3) is 17.1 Å². The van der Waals surface area contributed by atoms with E-state index in [-0.39, 0.29) is 10.9 Å². The summed E-state index contributed by atoms with van der Waals surface area (Å²) in [5.41, 5.74) is 2.92. The highest BCUT2D eigenvalue weighted by atomic mass is 32.2. The van der Waals surface area contributed by atoms with Crippen LogP contribution >= 0.6 is 0 Å². The van der Waals surface area contributed by atoms with Crippen LogP contribution in [-0.2, 0) is 20.0 Å². The molecule has 2 atom stereocenters. The Kier molecular flexibility index (Phi) is 9.62. The minimum Gasteiger partial charge on any atom is -0.494 e. The van der Waals surface area contributed by atoms with E-state index in [1.165, 1.54) is 0 Å². The van der Waals surface area contributed by atoms with Crippen molar-refractivity contribution in [1.29, 1.82) is 0 Å². The van der Waals surface area contributed by atoms with E-state index < -0.39 is 35.3 Å². The van der Waals surface area contributed by atoms with Crippen molar-refractivity contribution in [1.82, 2.24) is 29.7 Å². The molecule has 0 amide bonds. The minimum absolute atomic E-state index is 0.170. The molecule has 0 fully saturated rings. The Morgan fingerprint density at radius 2 is 1.55 bits per heavy atom. The number of aromatic nitrogens is 6. The minimum atomic E-state index is -3.94. The number of aryl methyl sites for hydroxylation is 2. The van der Waals surface area contributed by atoms with Gasteiger partial charge in [0.2, 0.25) is 0 Å². The van der Waals surface area contributed by atoms with Crippen molar-refractivity contribution in [3.8, 4) is 28.6 Å². The van der Waals surface area contributed by atoms with Crippen molar-refractivity contribution in [2.24, 2.45) is 0 Å². The van der Waals surface area contributed by atoms with Crippen LogP contribution in [0.3, 0.4) is 0 Å². The van der Waals surface area contributed by atoms with Gasteiger partial charge in [0.1, 0.15) is 29.0 Å². The van der Waals surface area contributed by atoms with E-state index >= 15 is 0 Å². The van der Waals surface area contributed by atoms with Gasteiger partial charge in [0, 0.05) is 30.4 Å². The van der Waals surface area contributed by atoms with E-state index in [0.29, 0.717) is 34.4 Å². The van der Waals surface area contributed by atoms with Gasteiger partial charge in [-0.3, -0.25) is 9.55 Å². The molecular formula is C31H42N6O5SSi. The molecule has 0 bridgehead atoms. The molecule has 0 unspecified atom stereocenters. The van der Waals surface area contributed by atoms with Gasteiger partial charge >= 0.3 is 0 Å². The van der Waals surface area contributed by atoms with Gasteiger partial charge in [-0.05, 0) is 68.2 Å². The molecule has 0 saturated heterocycles. The van der Waals surface area contributed by atoms with Crippen LogP contribution in [0.2, 0.25) is 18.1 Å². The topological polar surface area (TPSA) is 131 Å². The van der Waals surface area contributed by atoms with Crippen molar-refractivity contribution in [3.05, 3.63) is 71.8 Å². The summed E-state index contributed by atoms with van der Waals surface area (Å²) >= 11 is 0. The number of rotatable bonds is 11. The van der Waals surface area contributed by atoms with Gasteiger partial charge in [-0.1, -0.05) is 26.8 Å². The molecular weight excluding hydrogens is 597 g/mol. The molecule has 236 valence electrons. The number of nitrogens with zero attached hydrogens (tertiary/aromatic N) is 6. The third-order valence-electron chi connectivity index (χ3n) is 8.09. The molecule has 0 radical (unpaired) electrons. The highest BCUT2D eigenvalue weighted by molar-refractivity contribution is 7.91. The second-order valence-corrected chi connectivity index (χ2v) is 19.6. The maximum Gasteiger partial charge on any atom is 0.193 e. The molecule has 0 saturated carbocycles. The highest BCUT2D eigenvalue weighted by Gasteiger charge is 2.44. The summed E-state index contributed by atoms with van der Waals surface area (Å²) in [4.78, 5) is 13.3. The highest BCUT2D eigenvalue weighted by Crippen LogP contribution is 2.42. The molecule has 0 aliphatic heterocycles. The third kappa shape index (κ3) is 6.84. The third-order valence-corrected chi connectivity index (χ3v) is 14.6. The first-order chi connectivity index (χ1) is 20.6. The maximum atomic E-state index is 14.3. The fourth-order valence-corrected chi connectivity index (χ4v) is 7.22. The number of benzene rings is 1. The SMILES string of the molecule is COc1cccc(OC)c1-n1c(CS(=O)(=O)[C@H](C)[C@@H](O[Si](C)(C)C(C)(C)C)c2ncc(C)cn2)nnc1-c1cncc(C)c1. The van der Waals surface area contributed by atoms with E-state index in [2.05, 4.69) is 59.0 Å². The number of hydrogen-bond acceptors (Lipinski definition) is 10. The molecule has 0 aliphatic carbocycles. The van der Waals surface area contributed by atoms with E-state index in [0.717, 1.165) is 11.1 Å². The van der Waals surface area contributed by atoms with Gasteiger partial charge < -0.3 is 13.9 Å². The average molecular weight is 639 g/mol. The standard InChI is InChI=1S/C31H42N6O5SSi/c1-20-14-23(18-32-15-20)30-36-35-26(37(30)27-24(40-7)12-11-13-25(27)41-8)19-43(38,39)22(3)28(29-33-16-21(2)17-34-29)42-44(9,10)31(4,5)6/h11-18,22,28H,19H2,1-10H3/t22-,28-/m1/s1. The Hall–Kier alpha value is -3.68. The Bertz CT molecular complexity index is 1700. The fourth-order valence-electron chi connectivity index (χ4n) is 4.46. The van der Waals surface area contributed by atoms with Crippen LogP contribution in [0, 0.1) is 13.8 Å². The first kappa shape index (κ1) is 33.2. The summed E-state index contributed by atoms with van der Waals surface area (Å²) in [6.07, 6.45) is 5.86. The Labute approximate surface area is 261 Å². The second kappa shape index (κ2) is 12.7. The van der Waals surface area contributed by atoms with E-state index in [4.69, 9.17) is 13.9 Å². The van der Waals surface area contributed by atoms with Crippen LogP contribution in [0.1, 0.15) is 56.6 Å². The summed E-state index contributed by atoms with van der Waals surface area (Å²) in [5.74, 6) is 1.40. The molecule has 1 aromatic carbocycles. The van der Waals surface area contributed by atoms with Crippen LogP contribution in [0.15, 0.2) is 49.1 Å². The molecule has 11 nitrogen and oxygen atoms in total. The number of hydrogen-bond donors (Lipinski definition) is 0. The lowest BCUT2D eigenvalue weighted by Gasteiger charge is -2.40. The predicted molar refractivity (Wildman–Crippen MR) is 172 cm³/mol. The lowest BCUT2D eigenvalue weighted by atomic mass is 10.2. The number of para-hydroxylation sites is 1. The Balaban J connectivity index is 1.86. The Morgan fingerprint density at radius 3 is 2.09 bits per heavy atom. The molecule has 13 heteroatoms. The summed E-state index contributed by atoms with van der Waals surface area (Å²) in [6, 6.07) is 7.25. The zero-order valence-corrected chi connectivity index (χ0v) is 28.9. The number of methoxy groups -OCH3 is 2. The summed E-state index contributed by atoms with van der Waals surface area (Å²) in [6.45, 7) is 15.9. The van der Waals surface area contributed by atoms with Crippen molar-refractivity contribution in [3.63, 3.8) is 0 Å². The average Bonchev–Trinajstić information content (AvgIpc) is 3.37. The zero-order valence-electron chi connectivity index (χ0n) is 27.1. The van der Waals surface area contributed by atoms with Crippen molar-refractivity contribution < 1.29 is 22.3 Å². The molecule has 0 spiro atoms. The monoisotopic (exact) mass is 638 g/mol. The number of ether oxygens (including phenoxy) is 2. The van der Waals surface area contributed by atoms with Gasteiger partial charge in [0.25, 0.3) is 0 Å².